The highest BCUT2D eigenvalue weighted by atomic mass is 19.4. The van der Waals surface area contributed by atoms with Gasteiger partial charge in [-0.1, -0.05) is 6.07 Å². The van der Waals surface area contributed by atoms with E-state index in [0.717, 1.165) is 44.3 Å². The molecule has 0 atom stereocenters. The molecule has 0 bridgehead atoms. The first-order valence-corrected chi connectivity index (χ1v) is 8.27. The lowest BCUT2D eigenvalue weighted by molar-refractivity contribution is -0.137. The third-order valence-electron chi connectivity index (χ3n) is 4.42. The normalized spacial score (nSPS) is 16.7. The maximum absolute atomic E-state index is 13.3. The molecule has 1 saturated heterocycles. The summed E-state index contributed by atoms with van der Waals surface area (Å²) in [6.45, 7) is 2.02. The molecule has 0 spiro atoms. The molecule has 1 aliphatic heterocycles. The summed E-state index contributed by atoms with van der Waals surface area (Å²) < 4.78 is 63.8. The number of nitrogens with zero attached hydrogens (tertiary/aromatic N) is 2. The van der Waals surface area contributed by atoms with E-state index in [1.807, 2.05) is 0 Å². The predicted molar refractivity (Wildman–Crippen MR) is 87.5 cm³/mol. The fourth-order valence-corrected chi connectivity index (χ4v) is 2.99. The Morgan fingerprint density at radius 2 is 1.77 bits per heavy atom. The van der Waals surface area contributed by atoms with Crippen LogP contribution in [0, 0.1) is 11.6 Å². The molecule has 3 nitrogen and oxygen atoms in total. The van der Waals surface area contributed by atoms with Gasteiger partial charge in [-0.05, 0) is 42.7 Å². The number of nitrogens with one attached hydrogen (secondary N) is 1. The van der Waals surface area contributed by atoms with E-state index in [-0.39, 0.29) is 6.04 Å². The summed E-state index contributed by atoms with van der Waals surface area (Å²) in [5, 5.41) is 3.15. The lowest BCUT2D eigenvalue weighted by atomic mass is 10.0. The van der Waals surface area contributed by atoms with Crippen molar-refractivity contribution in [3.05, 3.63) is 59.3 Å². The largest absolute Gasteiger partial charge is 0.417 e. The van der Waals surface area contributed by atoms with Crippen molar-refractivity contribution in [2.45, 2.75) is 31.6 Å². The lowest BCUT2D eigenvalue weighted by Crippen LogP contribution is -2.38. The number of likely N-dealkylation sites (tertiary alicyclic amines) is 1. The molecule has 0 amide bonds. The number of piperidine rings is 1. The maximum atomic E-state index is 13.3. The molecule has 2 aromatic rings. The number of aromatic nitrogens is 1. The van der Waals surface area contributed by atoms with Crippen molar-refractivity contribution in [1.82, 2.24) is 9.88 Å². The number of halogens is 5. The molecule has 26 heavy (non-hydrogen) atoms. The number of hydrogen-bond acceptors (Lipinski definition) is 3. The van der Waals surface area contributed by atoms with Crippen molar-refractivity contribution in [2.75, 3.05) is 18.4 Å². The quantitative estimate of drug-likeness (QED) is 0.805. The minimum absolute atomic E-state index is 0.112. The van der Waals surface area contributed by atoms with Gasteiger partial charge in [-0.3, -0.25) is 4.90 Å². The van der Waals surface area contributed by atoms with Crippen LogP contribution in [0.4, 0.5) is 27.8 Å². The molecule has 0 saturated carbocycles. The number of rotatable bonds is 4. The summed E-state index contributed by atoms with van der Waals surface area (Å²) >= 11 is 0. The number of anilines is 1. The zero-order valence-electron chi connectivity index (χ0n) is 13.9. The van der Waals surface area contributed by atoms with Crippen molar-refractivity contribution in [3.63, 3.8) is 0 Å². The molecule has 0 aliphatic carbocycles. The van der Waals surface area contributed by atoms with E-state index in [1.54, 1.807) is 6.07 Å². The Morgan fingerprint density at radius 3 is 2.35 bits per heavy atom. The van der Waals surface area contributed by atoms with Gasteiger partial charge in [-0.25, -0.2) is 13.8 Å². The van der Waals surface area contributed by atoms with Gasteiger partial charge in [0.2, 0.25) is 0 Å². The molecule has 1 fully saturated rings. The van der Waals surface area contributed by atoms with E-state index in [0.29, 0.717) is 17.9 Å². The van der Waals surface area contributed by atoms with Crippen LogP contribution in [0.15, 0.2) is 36.5 Å². The van der Waals surface area contributed by atoms with Crippen LogP contribution in [-0.2, 0) is 12.7 Å². The fourth-order valence-electron chi connectivity index (χ4n) is 2.99. The second-order valence-electron chi connectivity index (χ2n) is 6.37. The second-order valence-corrected chi connectivity index (χ2v) is 6.37. The van der Waals surface area contributed by atoms with Gasteiger partial charge in [0, 0.05) is 31.9 Å². The van der Waals surface area contributed by atoms with Crippen LogP contribution in [0.25, 0.3) is 0 Å². The Labute approximate surface area is 147 Å². The Bertz CT molecular complexity index is 737. The van der Waals surface area contributed by atoms with Crippen molar-refractivity contribution in [1.29, 1.82) is 0 Å². The van der Waals surface area contributed by atoms with Gasteiger partial charge in [0.1, 0.15) is 5.82 Å². The minimum atomic E-state index is -4.39. The smallest absolute Gasteiger partial charge is 0.367 e. The SMILES string of the molecule is Fc1ccc(CN2CCC(Nc3ccc(C(F)(F)F)cn3)CC2)cc1F. The van der Waals surface area contributed by atoms with Crippen molar-refractivity contribution >= 4 is 5.82 Å². The van der Waals surface area contributed by atoms with E-state index in [1.165, 1.54) is 12.1 Å². The van der Waals surface area contributed by atoms with E-state index >= 15 is 0 Å². The average molecular weight is 371 g/mol. The fraction of sp³-hybridized carbons (Fsp3) is 0.389. The van der Waals surface area contributed by atoms with Crippen LogP contribution in [0.3, 0.4) is 0 Å². The Balaban J connectivity index is 1.50. The van der Waals surface area contributed by atoms with Crippen molar-refractivity contribution in [3.8, 4) is 0 Å². The molecule has 8 heteroatoms. The highest BCUT2D eigenvalue weighted by Gasteiger charge is 2.30. The summed E-state index contributed by atoms with van der Waals surface area (Å²) in [6.07, 6.45) is -2.00. The van der Waals surface area contributed by atoms with Crippen LogP contribution in [-0.4, -0.2) is 29.0 Å². The first kappa shape index (κ1) is 18.6. The van der Waals surface area contributed by atoms with Crippen LogP contribution < -0.4 is 5.32 Å². The third-order valence-corrected chi connectivity index (χ3v) is 4.42. The van der Waals surface area contributed by atoms with Gasteiger partial charge in [-0.15, -0.1) is 0 Å². The summed E-state index contributed by atoms with van der Waals surface area (Å²) in [5.74, 6) is -1.30. The zero-order valence-corrected chi connectivity index (χ0v) is 13.9. The summed E-state index contributed by atoms with van der Waals surface area (Å²) in [5.41, 5.74) is -0.0656. The molecule has 1 aromatic heterocycles. The van der Waals surface area contributed by atoms with Crippen molar-refractivity contribution in [2.24, 2.45) is 0 Å². The molecule has 1 aromatic carbocycles. The van der Waals surface area contributed by atoms with Gasteiger partial charge in [0.25, 0.3) is 0 Å². The van der Waals surface area contributed by atoms with E-state index in [2.05, 4.69) is 15.2 Å². The number of hydrogen-bond donors (Lipinski definition) is 1. The number of pyridine rings is 1. The van der Waals surface area contributed by atoms with Gasteiger partial charge >= 0.3 is 6.18 Å². The van der Waals surface area contributed by atoms with Crippen LogP contribution in [0.1, 0.15) is 24.0 Å². The summed E-state index contributed by atoms with van der Waals surface area (Å²) in [4.78, 5) is 5.95. The van der Waals surface area contributed by atoms with Gasteiger partial charge in [0.15, 0.2) is 11.6 Å². The van der Waals surface area contributed by atoms with Crippen LogP contribution in [0.5, 0.6) is 0 Å². The molecular formula is C18H18F5N3. The first-order chi connectivity index (χ1) is 12.3. The van der Waals surface area contributed by atoms with Crippen LogP contribution in [0.2, 0.25) is 0 Å². The first-order valence-electron chi connectivity index (χ1n) is 8.27. The molecule has 2 heterocycles. The Kier molecular flexibility index (Phi) is 5.41. The average Bonchev–Trinajstić information content (AvgIpc) is 2.60. The van der Waals surface area contributed by atoms with E-state index in [9.17, 15) is 22.0 Å². The number of alkyl halides is 3. The van der Waals surface area contributed by atoms with E-state index in [4.69, 9.17) is 0 Å². The molecule has 1 N–H and O–H groups in total. The molecule has 0 unspecified atom stereocenters. The summed E-state index contributed by atoms with van der Waals surface area (Å²) in [6, 6.07) is 6.33. The van der Waals surface area contributed by atoms with Crippen LogP contribution >= 0.6 is 0 Å². The van der Waals surface area contributed by atoms with Gasteiger partial charge < -0.3 is 5.32 Å². The predicted octanol–water partition coefficient (Wildman–Crippen LogP) is 4.46. The molecular weight excluding hydrogens is 353 g/mol. The molecule has 0 radical (unpaired) electrons. The summed E-state index contributed by atoms with van der Waals surface area (Å²) in [7, 11) is 0. The highest BCUT2D eigenvalue weighted by Crippen LogP contribution is 2.29. The standard InChI is InChI=1S/C18H18F5N3/c19-15-3-1-12(9-16(15)20)11-26-7-5-14(6-8-26)25-17-4-2-13(10-24-17)18(21,22)23/h1-4,9-10,14H,5-8,11H2,(H,24,25). The molecule has 3 rings (SSSR count). The zero-order chi connectivity index (χ0) is 18.7. The van der Waals surface area contributed by atoms with Crippen molar-refractivity contribution < 1.29 is 22.0 Å². The third kappa shape index (κ3) is 4.69. The van der Waals surface area contributed by atoms with E-state index < -0.39 is 23.4 Å². The molecule has 1 aliphatic rings. The Morgan fingerprint density at radius 1 is 1.04 bits per heavy atom. The van der Waals surface area contributed by atoms with Gasteiger partial charge in [-0.2, -0.15) is 13.2 Å². The monoisotopic (exact) mass is 371 g/mol. The minimum Gasteiger partial charge on any atom is -0.367 e. The Hall–Kier alpha value is -2.22. The number of benzene rings is 1. The second kappa shape index (κ2) is 7.57. The topological polar surface area (TPSA) is 28.2 Å². The van der Waals surface area contributed by atoms with Gasteiger partial charge in [0.05, 0.1) is 5.56 Å². The lowest BCUT2D eigenvalue weighted by Gasteiger charge is -2.32. The highest BCUT2D eigenvalue weighted by molar-refractivity contribution is 5.37. The molecule has 140 valence electrons. The maximum Gasteiger partial charge on any atom is 0.417 e.